The second kappa shape index (κ2) is 7.95. The van der Waals surface area contributed by atoms with Crippen LogP contribution in [0.2, 0.25) is 0 Å². The van der Waals surface area contributed by atoms with Crippen molar-refractivity contribution < 1.29 is 23.8 Å². The van der Waals surface area contributed by atoms with E-state index in [-0.39, 0.29) is 18.3 Å². The van der Waals surface area contributed by atoms with E-state index in [2.05, 4.69) is 5.32 Å². The summed E-state index contributed by atoms with van der Waals surface area (Å²) in [4.78, 5) is 24.7. The number of ether oxygens (including phenoxy) is 1. The first-order chi connectivity index (χ1) is 11.9. The van der Waals surface area contributed by atoms with E-state index in [0.29, 0.717) is 38.9 Å². The highest BCUT2D eigenvalue weighted by atomic mass is 19.1. The first-order valence-electron chi connectivity index (χ1n) is 8.76. The number of hydrogen-bond donors (Lipinski definition) is 2. The fourth-order valence-electron chi connectivity index (χ4n) is 3.43. The van der Waals surface area contributed by atoms with Gasteiger partial charge in [0, 0.05) is 19.8 Å². The van der Waals surface area contributed by atoms with Gasteiger partial charge in [0.1, 0.15) is 5.82 Å². The molecule has 1 amide bonds. The van der Waals surface area contributed by atoms with Gasteiger partial charge in [0.2, 0.25) is 5.91 Å². The zero-order valence-corrected chi connectivity index (χ0v) is 14.8. The molecule has 0 saturated carbocycles. The number of nitrogens with one attached hydrogen (secondary N) is 1. The Bertz CT molecular complexity index is 604. The molecule has 1 aromatic rings. The van der Waals surface area contributed by atoms with Crippen molar-refractivity contribution in [3.63, 3.8) is 0 Å². The number of benzene rings is 1. The molecule has 1 heterocycles. The molecule has 0 radical (unpaired) electrons. The van der Waals surface area contributed by atoms with Crippen molar-refractivity contribution in [3.8, 4) is 0 Å². The van der Waals surface area contributed by atoms with Crippen molar-refractivity contribution in [1.82, 2.24) is 5.32 Å². The van der Waals surface area contributed by atoms with Gasteiger partial charge in [-0.05, 0) is 43.4 Å². The van der Waals surface area contributed by atoms with Crippen molar-refractivity contribution in [2.45, 2.75) is 44.9 Å². The van der Waals surface area contributed by atoms with Crippen LogP contribution in [0.4, 0.5) is 4.39 Å². The fourth-order valence-corrected chi connectivity index (χ4v) is 3.43. The summed E-state index contributed by atoms with van der Waals surface area (Å²) in [6.07, 6.45) is 1.85. The summed E-state index contributed by atoms with van der Waals surface area (Å²) in [5.41, 5.74) is -1.04. The summed E-state index contributed by atoms with van der Waals surface area (Å²) in [7, 11) is 0. The lowest BCUT2D eigenvalue weighted by Gasteiger charge is -2.37. The normalized spacial score (nSPS) is 17.1. The lowest BCUT2D eigenvalue weighted by atomic mass is 9.73. The Hall–Kier alpha value is -1.95. The maximum absolute atomic E-state index is 13.3. The number of carbonyl (C=O) groups is 2. The van der Waals surface area contributed by atoms with E-state index in [4.69, 9.17) is 4.74 Å². The lowest BCUT2D eigenvalue weighted by Crippen LogP contribution is -2.51. The van der Waals surface area contributed by atoms with Gasteiger partial charge in [0.15, 0.2) is 0 Å². The standard InChI is InChI=1S/C19H26FNO4/c1-3-18(4-2,17(23)24)13-21-16(22)19(9-11-25-12-10-19)14-5-7-15(20)8-6-14/h5-8H,3-4,9-13H2,1-2H3,(H,21,22)(H,23,24). The van der Waals surface area contributed by atoms with Crippen LogP contribution in [-0.4, -0.2) is 36.7 Å². The monoisotopic (exact) mass is 351 g/mol. The molecule has 0 unspecified atom stereocenters. The Balaban J connectivity index is 2.25. The largest absolute Gasteiger partial charge is 0.481 e. The second-order valence-corrected chi connectivity index (χ2v) is 6.68. The molecule has 25 heavy (non-hydrogen) atoms. The number of rotatable bonds is 7. The highest BCUT2D eigenvalue weighted by Crippen LogP contribution is 2.36. The molecule has 6 heteroatoms. The molecule has 1 aromatic carbocycles. The molecule has 0 aromatic heterocycles. The van der Waals surface area contributed by atoms with Gasteiger partial charge >= 0.3 is 5.97 Å². The van der Waals surface area contributed by atoms with E-state index < -0.39 is 16.8 Å². The van der Waals surface area contributed by atoms with Crippen LogP contribution in [0.15, 0.2) is 24.3 Å². The summed E-state index contributed by atoms with van der Waals surface area (Å²) in [5, 5.41) is 12.4. The van der Waals surface area contributed by atoms with Crippen molar-refractivity contribution in [2.75, 3.05) is 19.8 Å². The van der Waals surface area contributed by atoms with E-state index in [1.165, 1.54) is 12.1 Å². The third kappa shape index (κ3) is 3.84. The van der Waals surface area contributed by atoms with E-state index in [1.807, 2.05) is 13.8 Å². The number of aliphatic carboxylic acids is 1. The van der Waals surface area contributed by atoms with Crippen LogP contribution in [0, 0.1) is 11.2 Å². The molecule has 2 rings (SSSR count). The molecule has 1 aliphatic rings. The van der Waals surface area contributed by atoms with E-state index in [1.54, 1.807) is 12.1 Å². The second-order valence-electron chi connectivity index (χ2n) is 6.68. The summed E-state index contributed by atoms with van der Waals surface area (Å²) >= 11 is 0. The van der Waals surface area contributed by atoms with Gasteiger partial charge in [0.25, 0.3) is 0 Å². The number of carboxylic acids is 1. The van der Waals surface area contributed by atoms with Gasteiger partial charge < -0.3 is 15.2 Å². The minimum Gasteiger partial charge on any atom is -0.481 e. The molecule has 0 atom stereocenters. The average molecular weight is 351 g/mol. The van der Waals surface area contributed by atoms with Crippen molar-refractivity contribution in [2.24, 2.45) is 5.41 Å². The lowest BCUT2D eigenvalue weighted by molar-refractivity contribution is -0.149. The van der Waals surface area contributed by atoms with Crippen LogP contribution < -0.4 is 5.32 Å². The maximum atomic E-state index is 13.3. The number of halogens is 1. The zero-order chi connectivity index (χ0) is 18.5. The summed E-state index contributed by atoms with van der Waals surface area (Å²) < 4.78 is 18.7. The van der Waals surface area contributed by atoms with Gasteiger partial charge in [-0.15, -0.1) is 0 Å². The van der Waals surface area contributed by atoms with Gasteiger partial charge in [-0.1, -0.05) is 26.0 Å². The number of hydrogen-bond acceptors (Lipinski definition) is 3. The molecule has 0 aliphatic carbocycles. The Morgan fingerprint density at radius 2 is 1.76 bits per heavy atom. The topological polar surface area (TPSA) is 75.6 Å². The number of carbonyl (C=O) groups excluding carboxylic acids is 1. The van der Waals surface area contributed by atoms with Gasteiger partial charge in [0.05, 0.1) is 10.8 Å². The first-order valence-corrected chi connectivity index (χ1v) is 8.76. The van der Waals surface area contributed by atoms with Crippen LogP contribution >= 0.6 is 0 Å². The summed E-state index contributed by atoms with van der Waals surface area (Å²) in [6.45, 7) is 4.59. The molecular formula is C19H26FNO4. The molecular weight excluding hydrogens is 325 g/mol. The third-order valence-electron chi connectivity index (χ3n) is 5.57. The number of amides is 1. The van der Waals surface area contributed by atoms with Crippen LogP contribution in [0.5, 0.6) is 0 Å². The van der Waals surface area contributed by atoms with Crippen molar-refractivity contribution >= 4 is 11.9 Å². The van der Waals surface area contributed by atoms with Gasteiger partial charge in [-0.3, -0.25) is 9.59 Å². The SMILES string of the molecule is CCC(CC)(CNC(=O)C1(c2ccc(F)cc2)CCOCC1)C(=O)O. The average Bonchev–Trinajstić information content (AvgIpc) is 2.63. The Morgan fingerprint density at radius 3 is 2.24 bits per heavy atom. The summed E-state index contributed by atoms with van der Waals surface area (Å²) in [5.74, 6) is -1.47. The molecule has 1 aliphatic heterocycles. The third-order valence-corrected chi connectivity index (χ3v) is 5.57. The smallest absolute Gasteiger partial charge is 0.311 e. The summed E-state index contributed by atoms with van der Waals surface area (Å²) in [6, 6.07) is 5.95. The number of carboxylic acid groups (broad SMARTS) is 1. The van der Waals surface area contributed by atoms with Crippen LogP contribution in [0.25, 0.3) is 0 Å². The highest BCUT2D eigenvalue weighted by molar-refractivity contribution is 5.89. The molecule has 0 spiro atoms. The Labute approximate surface area is 147 Å². The van der Waals surface area contributed by atoms with Crippen molar-refractivity contribution in [1.29, 1.82) is 0 Å². The molecule has 0 bridgehead atoms. The maximum Gasteiger partial charge on any atom is 0.311 e. The molecule has 138 valence electrons. The van der Waals surface area contributed by atoms with E-state index in [0.717, 1.165) is 5.56 Å². The van der Waals surface area contributed by atoms with E-state index in [9.17, 15) is 19.1 Å². The van der Waals surface area contributed by atoms with Crippen LogP contribution in [-0.2, 0) is 19.7 Å². The van der Waals surface area contributed by atoms with Gasteiger partial charge in [-0.2, -0.15) is 0 Å². The van der Waals surface area contributed by atoms with Crippen molar-refractivity contribution in [3.05, 3.63) is 35.6 Å². The predicted molar refractivity (Wildman–Crippen MR) is 91.8 cm³/mol. The zero-order valence-electron chi connectivity index (χ0n) is 14.8. The minimum absolute atomic E-state index is 0.0813. The Morgan fingerprint density at radius 1 is 1.20 bits per heavy atom. The fraction of sp³-hybridized carbons (Fsp3) is 0.579. The highest BCUT2D eigenvalue weighted by Gasteiger charge is 2.43. The van der Waals surface area contributed by atoms with E-state index >= 15 is 0 Å². The molecule has 5 nitrogen and oxygen atoms in total. The van der Waals surface area contributed by atoms with Gasteiger partial charge in [-0.25, -0.2) is 4.39 Å². The Kier molecular flexibility index (Phi) is 6.16. The molecule has 1 saturated heterocycles. The quantitative estimate of drug-likeness (QED) is 0.792. The predicted octanol–water partition coefficient (Wildman–Crippen LogP) is 2.88. The molecule has 1 fully saturated rings. The van der Waals surface area contributed by atoms with Crippen LogP contribution in [0.1, 0.15) is 45.1 Å². The van der Waals surface area contributed by atoms with Crippen LogP contribution in [0.3, 0.4) is 0 Å². The molecule has 2 N–H and O–H groups in total. The first kappa shape index (κ1) is 19.4. The minimum atomic E-state index is -0.967.